The molecule has 15 heavy (non-hydrogen) atoms. The Kier molecular flexibility index (Phi) is 5.38. The fraction of sp³-hybridized carbons (Fsp3) is 0.857. The maximum Gasteiger partial charge on any atom is 0.0573 e. The first-order valence-electron chi connectivity index (χ1n) is 6.48. The van der Waals surface area contributed by atoms with Crippen molar-refractivity contribution in [2.45, 2.75) is 59.0 Å². The topological polar surface area (TPSA) is 20.2 Å². The molecule has 1 aliphatic rings. The average molecular weight is 210 g/mol. The molecule has 1 fully saturated rings. The van der Waals surface area contributed by atoms with Crippen LogP contribution in [0.4, 0.5) is 0 Å². The van der Waals surface area contributed by atoms with Crippen molar-refractivity contribution < 1.29 is 5.11 Å². The molecular formula is C14H26O. The van der Waals surface area contributed by atoms with E-state index in [4.69, 9.17) is 0 Å². The zero-order valence-corrected chi connectivity index (χ0v) is 10.4. The van der Waals surface area contributed by atoms with E-state index in [9.17, 15) is 5.11 Å². The fourth-order valence-electron chi connectivity index (χ4n) is 2.69. The predicted molar refractivity (Wildman–Crippen MR) is 65.7 cm³/mol. The molecule has 1 nitrogen and oxygen atoms in total. The molecule has 0 heterocycles. The second-order valence-electron chi connectivity index (χ2n) is 5.24. The number of hydrogen-bond donors (Lipinski definition) is 1. The third-order valence-corrected chi connectivity index (χ3v) is 3.77. The summed E-state index contributed by atoms with van der Waals surface area (Å²) >= 11 is 0. The third-order valence-electron chi connectivity index (χ3n) is 3.77. The predicted octanol–water partition coefficient (Wildman–Crippen LogP) is 3.78. The lowest BCUT2D eigenvalue weighted by Crippen LogP contribution is -2.32. The number of rotatable bonds is 4. The van der Waals surface area contributed by atoms with Crippen LogP contribution in [0.1, 0.15) is 52.9 Å². The van der Waals surface area contributed by atoms with Crippen LogP contribution in [0.15, 0.2) is 12.2 Å². The number of aliphatic hydroxyl groups excluding tert-OH is 1. The van der Waals surface area contributed by atoms with Gasteiger partial charge in [-0.25, -0.2) is 0 Å². The van der Waals surface area contributed by atoms with Crippen LogP contribution in [-0.4, -0.2) is 11.2 Å². The molecule has 4 unspecified atom stereocenters. The van der Waals surface area contributed by atoms with Crippen molar-refractivity contribution in [1.29, 1.82) is 0 Å². The molecule has 0 amide bonds. The monoisotopic (exact) mass is 210 g/mol. The molecule has 0 bridgehead atoms. The first-order chi connectivity index (χ1) is 7.15. The Morgan fingerprint density at radius 3 is 2.67 bits per heavy atom. The molecule has 0 aromatic rings. The van der Waals surface area contributed by atoms with E-state index < -0.39 is 0 Å². The van der Waals surface area contributed by atoms with E-state index in [2.05, 4.69) is 32.9 Å². The van der Waals surface area contributed by atoms with E-state index in [1.165, 1.54) is 12.8 Å². The summed E-state index contributed by atoms with van der Waals surface area (Å²) in [6.07, 6.45) is 10.2. The summed E-state index contributed by atoms with van der Waals surface area (Å²) in [6, 6.07) is 0. The highest BCUT2D eigenvalue weighted by Crippen LogP contribution is 2.34. The van der Waals surface area contributed by atoms with Crippen LogP contribution >= 0.6 is 0 Å². The molecular weight excluding hydrogens is 184 g/mol. The Labute approximate surface area is 94.6 Å². The van der Waals surface area contributed by atoms with Crippen LogP contribution in [0, 0.1) is 17.8 Å². The van der Waals surface area contributed by atoms with Gasteiger partial charge in [-0.15, -0.1) is 0 Å². The van der Waals surface area contributed by atoms with Gasteiger partial charge in [0.2, 0.25) is 0 Å². The van der Waals surface area contributed by atoms with Crippen molar-refractivity contribution in [1.82, 2.24) is 0 Å². The smallest absolute Gasteiger partial charge is 0.0573 e. The molecule has 88 valence electrons. The van der Waals surface area contributed by atoms with Gasteiger partial charge in [0.05, 0.1) is 6.10 Å². The van der Waals surface area contributed by atoms with Gasteiger partial charge < -0.3 is 5.11 Å². The minimum absolute atomic E-state index is 0.0567. The maximum absolute atomic E-state index is 10.0. The normalized spacial score (nSPS) is 34.5. The van der Waals surface area contributed by atoms with Crippen molar-refractivity contribution in [3.8, 4) is 0 Å². The van der Waals surface area contributed by atoms with Crippen molar-refractivity contribution in [2.24, 2.45) is 17.8 Å². The van der Waals surface area contributed by atoms with Crippen LogP contribution in [0.3, 0.4) is 0 Å². The second kappa shape index (κ2) is 6.32. The summed E-state index contributed by atoms with van der Waals surface area (Å²) in [5.41, 5.74) is 0. The standard InChI is InChI=1S/C14H26O/c1-4-5-6-7-12(3)13-9-8-11(2)10-14(13)15/h5-6,11-15H,4,7-10H2,1-3H3. The molecule has 0 saturated heterocycles. The van der Waals surface area contributed by atoms with Crippen LogP contribution in [0.5, 0.6) is 0 Å². The molecule has 0 aliphatic heterocycles. The van der Waals surface area contributed by atoms with Gasteiger partial charge in [0.1, 0.15) is 0 Å². The third kappa shape index (κ3) is 3.98. The largest absolute Gasteiger partial charge is 0.393 e. The Balaban J connectivity index is 2.38. The van der Waals surface area contributed by atoms with E-state index in [1.54, 1.807) is 0 Å². The minimum Gasteiger partial charge on any atom is -0.393 e. The summed E-state index contributed by atoms with van der Waals surface area (Å²) in [5, 5.41) is 10.0. The Morgan fingerprint density at radius 2 is 2.07 bits per heavy atom. The zero-order chi connectivity index (χ0) is 11.3. The summed E-state index contributed by atoms with van der Waals surface area (Å²) in [7, 11) is 0. The summed E-state index contributed by atoms with van der Waals surface area (Å²) in [5.74, 6) is 1.88. The highest BCUT2D eigenvalue weighted by atomic mass is 16.3. The minimum atomic E-state index is -0.0567. The van der Waals surface area contributed by atoms with E-state index in [1.807, 2.05) is 0 Å². The number of aliphatic hydroxyl groups is 1. The Hall–Kier alpha value is -0.300. The first-order valence-corrected chi connectivity index (χ1v) is 6.48. The lowest BCUT2D eigenvalue weighted by Gasteiger charge is -2.35. The van der Waals surface area contributed by atoms with Gasteiger partial charge in [0.25, 0.3) is 0 Å². The molecule has 1 rings (SSSR count). The highest BCUT2D eigenvalue weighted by Gasteiger charge is 2.30. The maximum atomic E-state index is 10.0. The molecule has 4 atom stereocenters. The van der Waals surface area contributed by atoms with Gasteiger partial charge in [0, 0.05) is 0 Å². The van der Waals surface area contributed by atoms with E-state index >= 15 is 0 Å². The molecule has 0 aromatic heterocycles. The Morgan fingerprint density at radius 1 is 1.33 bits per heavy atom. The number of hydrogen-bond acceptors (Lipinski definition) is 1. The molecule has 1 saturated carbocycles. The van der Waals surface area contributed by atoms with E-state index in [-0.39, 0.29) is 6.10 Å². The van der Waals surface area contributed by atoms with Gasteiger partial charge in [-0.3, -0.25) is 0 Å². The SMILES string of the molecule is CCC=CCC(C)C1CCC(C)CC1O. The van der Waals surface area contributed by atoms with Crippen molar-refractivity contribution in [3.63, 3.8) is 0 Å². The van der Waals surface area contributed by atoms with Crippen LogP contribution < -0.4 is 0 Å². The van der Waals surface area contributed by atoms with Crippen molar-refractivity contribution >= 4 is 0 Å². The van der Waals surface area contributed by atoms with Gasteiger partial charge >= 0.3 is 0 Å². The molecule has 0 aromatic carbocycles. The van der Waals surface area contributed by atoms with Crippen molar-refractivity contribution in [3.05, 3.63) is 12.2 Å². The van der Waals surface area contributed by atoms with E-state index in [0.717, 1.165) is 25.2 Å². The molecule has 0 radical (unpaired) electrons. The van der Waals surface area contributed by atoms with Crippen LogP contribution in [0.2, 0.25) is 0 Å². The zero-order valence-electron chi connectivity index (χ0n) is 10.4. The molecule has 1 aliphatic carbocycles. The summed E-state index contributed by atoms with van der Waals surface area (Å²) in [4.78, 5) is 0. The van der Waals surface area contributed by atoms with Gasteiger partial charge in [0.15, 0.2) is 0 Å². The molecule has 0 spiro atoms. The quantitative estimate of drug-likeness (QED) is 0.700. The lowest BCUT2D eigenvalue weighted by atomic mass is 9.74. The first kappa shape index (κ1) is 12.8. The van der Waals surface area contributed by atoms with Crippen LogP contribution in [-0.2, 0) is 0 Å². The van der Waals surface area contributed by atoms with Gasteiger partial charge in [-0.2, -0.15) is 0 Å². The highest BCUT2D eigenvalue weighted by molar-refractivity contribution is 4.87. The van der Waals surface area contributed by atoms with Gasteiger partial charge in [-0.05, 0) is 43.4 Å². The average Bonchev–Trinajstić information content (AvgIpc) is 2.17. The molecule has 1 heteroatoms. The lowest BCUT2D eigenvalue weighted by molar-refractivity contribution is 0.0232. The summed E-state index contributed by atoms with van der Waals surface area (Å²) in [6.45, 7) is 6.70. The van der Waals surface area contributed by atoms with E-state index in [0.29, 0.717) is 11.8 Å². The van der Waals surface area contributed by atoms with Crippen LogP contribution in [0.25, 0.3) is 0 Å². The van der Waals surface area contributed by atoms with Crippen molar-refractivity contribution in [2.75, 3.05) is 0 Å². The summed E-state index contributed by atoms with van der Waals surface area (Å²) < 4.78 is 0. The fourth-order valence-corrected chi connectivity index (χ4v) is 2.69. The molecule has 1 N–H and O–H groups in total. The Bertz CT molecular complexity index is 198. The second-order valence-corrected chi connectivity index (χ2v) is 5.24. The number of allylic oxidation sites excluding steroid dienone is 2. The van der Waals surface area contributed by atoms with Gasteiger partial charge in [-0.1, -0.05) is 39.3 Å².